The summed E-state index contributed by atoms with van der Waals surface area (Å²) in [6, 6.07) is 5.73. The molecular weight excluding hydrogens is 320 g/mol. The molecule has 0 amide bonds. The Morgan fingerprint density at radius 2 is 1.47 bits per heavy atom. The Morgan fingerprint density at radius 1 is 1.07 bits per heavy atom. The zero-order chi connectivity index (χ0) is 8.27. The molecule has 0 fully saturated rings. The monoisotopic (exact) mass is 335 g/mol. The minimum Gasteiger partial charge on any atom is -0.478 e. The first-order chi connectivity index (χ1) is 5.24. The molecule has 1 aromatic carbocycles. The van der Waals surface area contributed by atoms with Gasteiger partial charge in [-0.25, -0.2) is 4.79 Å². The van der Waals surface area contributed by atoms with Gasteiger partial charge in [-0.05, 0) is 12.1 Å². The van der Waals surface area contributed by atoms with Crippen molar-refractivity contribution in [2.75, 3.05) is 0 Å². The maximum absolute atomic E-state index is 10.3. The molecule has 1 radical (unpaired) electrons. The molecule has 0 saturated carbocycles. The van der Waals surface area contributed by atoms with Crippen LogP contribution in [0.25, 0.3) is 0 Å². The number of hydrogen-bond acceptors (Lipinski definition) is 2. The van der Waals surface area contributed by atoms with E-state index in [0.717, 1.165) is 0 Å². The molecule has 0 bridgehead atoms. The molecule has 0 spiro atoms. The van der Waals surface area contributed by atoms with Crippen LogP contribution in [0.5, 0.6) is 0 Å². The fourth-order valence-electron chi connectivity index (χ4n) is 0.704. The van der Waals surface area contributed by atoms with Gasteiger partial charge in [0, 0.05) is 5.56 Å². The third-order valence-electron chi connectivity index (χ3n) is 1.29. The van der Waals surface area contributed by atoms with Crippen molar-refractivity contribution in [2.24, 2.45) is 0 Å². The van der Waals surface area contributed by atoms with E-state index in [-0.39, 0.29) is 69.6 Å². The molecule has 15 heavy (non-hydrogen) atoms. The molecule has 0 unspecified atom stereocenters. The maximum Gasteiger partial charge on any atom is 3.00 e. The summed E-state index contributed by atoms with van der Waals surface area (Å²) < 4.78 is 0. The van der Waals surface area contributed by atoms with E-state index in [1.807, 2.05) is 0 Å². The van der Waals surface area contributed by atoms with Gasteiger partial charge in [0.25, 0.3) is 0 Å². The van der Waals surface area contributed by atoms with Gasteiger partial charge in [0.15, 0.2) is 0 Å². The van der Waals surface area contributed by atoms with Crippen molar-refractivity contribution >= 4 is 12.3 Å². The summed E-state index contributed by atoms with van der Waals surface area (Å²) in [7, 11) is 0. The van der Waals surface area contributed by atoms with E-state index >= 15 is 0 Å². The van der Waals surface area contributed by atoms with Crippen molar-refractivity contribution in [2.45, 2.75) is 0 Å². The number of carbonyl (C=O) groups is 2. The Morgan fingerprint density at radius 3 is 1.73 bits per heavy atom. The Balaban J connectivity index is -0.000000151. The van der Waals surface area contributed by atoms with Crippen LogP contribution < -0.4 is 0 Å². The molecule has 0 atom stereocenters. The third kappa shape index (κ3) is 7.64. The fourth-order valence-corrected chi connectivity index (χ4v) is 0.704. The molecule has 4 heteroatoms. The second-order valence-corrected chi connectivity index (χ2v) is 2.05. The summed E-state index contributed by atoms with van der Waals surface area (Å²) in [5, 5.41) is 8.46. The molecule has 0 aromatic heterocycles. The number of benzene rings is 1. The molecule has 1 N–H and O–H groups in total. The first kappa shape index (κ1) is 24.1. The van der Waals surface area contributed by atoms with E-state index in [1.165, 1.54) is 24.3 Å². The Hall–Kier alpha value is -0.263. The van der Waals surface area contributed by atoms with E-state index in [0.29, 0.717) is 11.8 Å². The number of aromatic carboxylic acids is 1. The molecule has 0 saturated heterocycles. The smallest absolute Gasteiger partial charge is 0.478 e. The molecule has 0 aliphatic rings. The first-order valence-electron chi connectivity index (χ1n) is 3.02. The van der Waals surface area contributed by atoms with Gasteiger partial charge in [-0.15, -0.1) is 0 Å². The van der Waals surface area contributed by atoms with Gasteiger partial charge in [0.2, 0.25) is 0 Å². The van der Waals surface area contributed by atoms with Crippen LogP contribution in [0.4, 0.5) is 0 Å². The molecule has 3 nitrogen and oxygen atoms in total. The fraction of sp³-hybridized carbons (Fsp3) is 0. The average molecular weight is 335 g/mol. The van der Waals surface area contributed by atoms with Crippen LogP contribution in [0, 0.1) is 64.0 Å². The molecule has 1 aromatic rings. The molecular formula is C11H15CeO3. The van der Waals surface area contributed by atoms with Crippen molar-refractivity contribution in [3.63, 3.8) is 0 Å². The zero-order valence-electron chi connectivity index (χ0n) is 9.15. The van der Waals surface area contributed by atoms with Crippen molar-refractivity contribution in [3.05, 3.63) is 57.7 Å². The molecule has 0 aliphatic heterocycles. The summed E-state index contributed by atoms with van der Waals surface area (Å²) in [6.45, 7) is 0. The molecule has 81 valence electrons. The Labute approximate surface area is 125 Å². The maximum atomic E-state index is 10.3. The van der Waals surface area contributed by atoms with Crippen LogP contribution in [0.1, 0.15) is 20.7 Å². The van der Waals surface area contributed by atoms with Crippen LogP contribution in [-0.2, 0) is 0 Å². The van der Waals surface area contributed by atoms with E-state index in [2.05, 4.69) is 0 Å². The van der Waals surface area contributed by atoms with Gasteiger partial charge >= 0.3 is 47.7 Å². The van der Waals surface area contributed by atoms with Crippen molar-refractivity contribution in [3.8, 4) is 0 Å². The normalized spacial score (nSPS) is 6.67. The van der Waals surface area contributed by atoms with Crippen LogP contribution in [0.15, 0.2) is 24.3 Å². The number of carboxylic acids is 1. The van der Waals surface area contributed by atoms with E-state index in [1.54, 1.807) is 0 Å². The summed E-state index contributed by atoms with van der Waals surface area (Å²) in [6.07, 6.45) is 0.672. The summed E-state index contributed by atoms with van der Waals surface area (Å²) in [5.41, 5.74) is 0.672. The second kappa shape index (κ2) is 11.8. The number of carbonyl (C=O) groups excluding carboxylic acids is 1. The van der Waals surface area contributed by atoms with Gasteiger partial charge in [-0.3, -0.25) is 4.79 Å². The van der Waals surface area contributed by atoms with Crippen LogP contribution >= 0.6 is 0 Å². The van der Waals surface area contributed by atoms with Gasteiger partial charge in [-0.2, -0.15) is 0 Å². The van der Waals surface area contributed by atoms with Gasteiger partial charge in [0.1, 0.15) is 6.29 Å². The van der Waals surface area contributed by atoms with Crippen LogP contribution in [0.2, 0.25) is 0 Å². The van der Waals surface area contributed by atoms with Crippen LogP contribution in [0.3, 0.4) is 0 Å². The predicted octanol–water partition coefficient (Wildman–Crippen LogP) is 2.55. The summed E-state index contributed by atoms with van der Waals surface area (Å²) >= 11 is 0. The summed E-state index contributed by atoms with van der Waals surface area (Å²) in [4.78, 5) is 20.5. The summed E-state index contributed by atoms with van der Waals surface area (Å²) in [5.74, 6) is -0.984. The third-order valence-corrected chi connectivity index (χ3v) is 1.29. The zero-order valence-corrected chi connectivity index (χ0v) is 12.3. The number of rotatable bonds is 2. The van der Waals surface area contributed by atoms with E-state index < -0.39 is 5.97 Å². The molecule has 1 rings (SSSR count). The largest absolute Gasteiger partial charge is 3.00 e. The molecule has 0 aliphatic carbocycles. The number of carboxylic acid groups (broad SMARTS) is 1. The Bertz CT molecular complexity index is 280. The first-order valence-corrected chi connectivity index (χ1v) is 3.02. The van der Waals surface area contributed by atoms with Crippen molar-refractivity contribution in [1.82, 2.24) is 0 Å². The quantitative estimate of drug-likeness (QED) is 0.667. The van der Waals surface area contributed by atoms with Crippen LogP contribution in [-0.4, -0.2) is 17.4 Å². The topological polar surface area (TPSA) is 54.4 Å². The average Bonchev–Trinajstić information content (AvgIpc) is 2.05. The molecule has 0 heterocycles. The van der Waals surface area contributed by atoms with Crippen molar-refractivity contribution in [1.29, 1.82) is 0 Å². The standard InChI is InChI=1S/C8H6O3.3CH3.Ce/c9-5-6-1-3-7(4-2-6)8(10)11;;;;/h1-5H,(H,10,11);3*1H3;/q;3*-1;+3. The predicted molar refractivity (Wildman–Crippen MR) is 58.0 cm³/mol. The van der Waals surface area contributed by atoms with E-state index in [9.17, 15) is 9.59 Å². The van der Waals surface area contributed by atoms with Gasteiger partial charge < -0.3 is 27.4 Å². The number of hydrogen-bond donors (Lipinski definition) is 1. The number of aldehydes is 1. The minimum absolute atomic E-state index is 0. The van der Waals surface area contributed by atoms with Crippen molar-refractivity contribution < 1.29 is 56.4 Å². The van der Waals surface area contributed by atoms with Gasteiger partial charge in [-0.1, -0.05) is 12.1 Å². The second-order valence-electron chi connectivity index (χ2n) is 2.05. The van der Waals surface area contributed by atoms with E-state index in [4.69, 9.17) is 5.11 Å². The SMILES string of the molecule is O=Cc1ccc(C(=O)O)cc1.[CH3-].[CH3-].[CH3-].[Ce+3]. The Kier molecular flexibility index (Phi) is 19.0. The minimum atomic E-state index is -0.984. The van der Waals surface area contributed by atoms with Gasteiger partial charge in [0.05, 0.1) is 5.56 Å².